The number of rotatable bonds is 6. The molecule has 4 rings (SSSR count). The number of hydrogen-bond acceptors (Lipinski definition) is 4. The van der Waals surface area contributed by atoms with Crippen LogP contribution in [-0.4, -0.2) is 31.3 Å². The van der Waals surface area contributed by atoms with Gasteiger partial charge in [-0.3, -0.25) is 14.2 Å². The van der Waals surface area contributed by atoms with Gasteiger partial charge in [0.2, 0.25) is 5.91 Å². The Kier molecular flexibility index (Phi) is 5.97. The number of nitrogens with one attached hydrogen (secondary N) is 1. The predicted octanol–water partition coefficient (Wildman–Crippen LogP) is 3.29. The fourth-order valence-electron chi connectivity index (χ4n) is 4.30. The van der Waals surface area contributed by atoms with Gasteiger partial charge in [-0.1, -0.05) is 37.5 Å². The molecule has 1 saturated carbocycles. The zero-order valence-electron chi connectivity index (χ0n) is 17.7. The van der Waals surface area contributed by atoms with Crippen LogP contribution in [-0.2, 0) is 17.8 Å². The first kappa shape index (κ1) is 20.3. The summed E-state index contributed by atoms with van der Waals surface area (Å²) in [6.07, 6.45) is 6.32. The molecule has 0 aliphatic heterocycles. The normalized spacial score (nSPS) is 14.9. The molecule has 0 atom stereocenters. The van der Waals surface area contributed by atoms with Gasteiger partial charge in [0.25, 0.3) is 5.56 Å². The highest BCUT2D eigenvalue weighted by atomic mass is 16.1. The molecule has 1 fully saturated rings. The van der Waals surface area contributed by atoms with E-state index in [2.05, 4.69) is 15.4 Å². The van der Waals surface area contributed by atoms with Crippen molar-refractivity contribution in [3.63, 3.8) is 0 Å². The minimum atomic E-state index is -0.146. The second-order valence-corrected chi connectivity index (χ2v) is 8.02. The summed E-state index contributed by atoms with van der Waals surface area (Å²) in [6.45, 7) is 4.36. The van der Waals surface area contributed by atoms with Crippen LogP contribution >= 0.6 is 0 Å². The lowest BCUT2D eigenvalue weighted by molar-refractivity contribution is -0.122. The maximum Gasteiger partial charge on any atom is 0.273 e. The van der Waals surface area contributed by atoms with E-state index < -0.39 is 0 Å². The quantitative estimate of drug-likeness (QED) is 0.680. The Morgan fingerprint density at radius 3 is 2.60 bits per heavy atom. The second kappa shape index (κ2) is 8.81. The van der Waals surface area contributed by atoms with Gasteiger partial charge in [0.05, 0.1) is 11.4 Å². The lowest BCUT2D eigenvalue weighted by Crippen LogP contribution is -2.36. The topological polar surface area (TPSA) is 81.8 Å². The number of benzene rings is 1. The number of hydrogen-bond donors (Lipinski definition) is 1. The predicted molar refractivity (Wildman–Crippen MR) is 117 cm³/mol. The highest BCUT2D eigenvalue weighted by Crippen LogP contribution is 2.20. The summed E-state index contributed by atoms with van der Waals surface area (Å²) < 4.78 is 3.49. The van der Waals surface area contributed by atoms with Crippen LogP contribution in [0, 0.1) is 6.92 Å². The first-order valence-corrected chi connectivity index (χ1v) is 10.9. The SMILES string of the molecule is CCn1c(=O)c(CCC(=O)NC2CCCCC2)nc2c(C)nn(-c3ccccc3)c21. The third kappa shape index (κ3) is 4.01. The molecule has 1 amide bonds. The van der Waals surface area contributed by atoms with Crippen molar-refractivity contribution in [2.24, 2.45) is 0 Å². The molecule has 3 aromatic rings. The number of nitrogens with zero attached hydrogens (tertiary/aromatic N) is 4. The zero-order chi connectivity index (χ0) is 21.1. The van der Waals surface area contributed by atoms with Gasteiger partial charge in [-0.05, 0) is 38.8 Å². The van der Waals surface area contributed by atoms with Crippen molar-refractivity contribution >= 4 is 17.1 Å². The summed E-state index contributed by atoms with van der Waals surface area (Å²) >= 11 is 0. The van der Waals surface area contributed by atoms with Crippen LogP contribution in [0.4, 0.5) is 0 Å². The Bertz CT molecular complexity index is 1090. The van der Waals surface area contributed by atoms with Crippen molar-refractivity contribution < 1.29 is 4.79 Å². The van der Waals surface area contributed by atoms with Gasteiger partial charge in [0, 0.05) is 25.4 Å². The molecule has 7 heteroatoms. The summed E-state index contributed by atoms with van der Waals surface area (Å²) in [6, 6.07) is 10.0. The monoisotopic (exact) mass is 407 g/mol. The minimum absolute atomic E-state index is 0.00273. The van der Waals surface area contributed by atoms with E-state index in [0.29, 0.717) is 29.8 Å². The molecular weight excluding hydrogens is 378 g/mol. The van der Waals surface area contributed by atoms with Crippen molar-refractivity contribution in [2.75, 3.05) is 0 Å². The number of aryl methyl sites for hydroxylation is 3. The van der Waals surface area contributed by atoms with Crippen LogP contribution in [0.2, 0.25) is 0 Å². The lowest BCUT2D eigenvalue weighted by Gasteiger charge is -2.22. The molecule has 7 nitrogen and oxygen atoms in total. The van der Waals surface area contributed by atoms with Gasteiger partial charge in [0.15, 0.2) is 5.65 Å². The van der Waals surface area contributed by atoms with E-state index in [0.717, 1.165) is 24.2 Å². The van der Waals surface area contributed by atoms with E-state index >= 15 is 0 Å². The van der Waals surface area contributed by atoms with Crippen LogP contribution in [0.1, 0.15) is 56.8 Å². The number of aromatic nitrogens is 4. The number of amides is 1. The third-order valence-electron chi connectivity index (χ3n) is 5.88. The largest absolute Gasteiger partial charge is 0.353 e. The van der Waals surface area contributed by atoms with Crippen LogP contribution < -0.4 is 10.9 Å². The first-order valence-electron chi connectivity index (χ1n) is 10.9. The Morgan fingerprint density at radius 2 is 1.90 bits per heavy atom. The number of carbonyl (C=O) groups excluding carboxylic acids is 1. The fourth-order valence-corrected chi connectivity index (χ4v) is 4.30. The van der Waals surface area contributed by atoms with Gasteiger partial charge >= 0.3 is 0 Å². The summed E-state index contributed by atoms with van der Waals surface area (Å²) in [5.41, 5.74) is 3.35. The molecule has 2 heterocycles. The van der Waals surface area contributed by atoms with Crippen LogP contribution in [0.15, 0.2) is 35.1 Å². The van der Waals surface area contributed by atoms with Crippen LogP contribution in [0.5, 0.6) is 0 Å². The number of carbonyl (C=O) groups is 1. The Hall–Kier alpha value is -2.96. The van der Waals surface area contributed by atoms with Crippen molar-refractivity contribution in [2.45, 2.75) is 71.4 Å². The van der Waals surface area contributed by atoms with Gasteiger partial charge in [-0.15, -0.1) is 0 Å². The highest BCUT2D eigenvalue weighted by Gasteiger charge is 2.20. The van der Waals surface area contributed by atoms with E-state index in [1.807, 2.05) is 44.2 Å². The van der Waals surface area contributed by atoms with Crippen molar-refractivity contribution in [3.8, 4) is 5.69 Å². The highest BCUT2D eigenvalue weighted by molar-refractivity contribution is 5.77. The zero-order valence-corrected chi connectivity index (χ0v) is 17.7. The molecule has 1 aliphatic carbocycles. The summed E-state index contributed by atoms with van der Waals surface area (Å²) in [5, 5.41) is 7.76. The fraction of sp³-hybridized carbons (Fsp3) is 0.478. The lowest BCUT2D eigenvalue weighted by atomic mass is 9.95. The molecule has 0 unspecified atom stereocenters. The summed E-state index contributed by atoms with van der Waals surface area (Å²) in [4.78, 5) is 30.2. The van der Waals surface area contributed by atoms with E-state index in [9.17, 15) is 9.59 Å². The van der Waals surface area contributed by atoms with Crippen molar-refractivity contribution in [1.29, 1.82) is 0 Å². The molecular formula is C23H29N5O2. The number of fused-ring (bicyclic) bond motifs is 1. The molecule has 1 aliphatic rings. The van der Waals surface area contributed by atoms with Gasteiger partial charge in [0.1, 0.15) is 11.2 Å². The van der Waals surface area contributed by atoms with E-state index in [1.165, 1.54) is 19.3 Å². The first-order chi connectivity index (χ1) is 14.6. The Labute approximate surface area is 176 Å². The van der Waals surface area contributed by atoms with E-state index in [1.54, 1.807) is 9.25 Å². The molecule has 0 spiro atoms. The molecule has 1 N–H and O–H groups in total. The van der Waals surface area contributed by atoms with Gasteiger partial charge in [-0.2, -0.15) is 5.10 Å². The summed E-state index contributed by atoms with van der Waals surface area (Å²) in [5.74, 6) is 0.00273. The second-order valence-electron chi connectivity index (χ2n) is 8.02. The van der Waals surface area contributed by atoms with Crippen molar-refractivity contribution in [1.82, 2.24) is 24.6 Å². The maximum absolute atomic E-state index is 13.1. The average Bonchev–Trinajstić information content (AvgIpc) is 3.09. The number of para-hydroxylation sites is 1. The molecule has 0 bridgehead atoms. The summed E-state index contributed by atoms with van der Waals surface area (Å²) in [7, 11) is 0. The van der Waals surface area contributed by atoms with E-state index in [-0.39, 0.29) is 23.9 Å². The molecule has 0 radical (unpaired) electrons. The third-order valence-corrected chi connectivity index (χ3v) is 5.88. The average molecular weight is 408 g/mol. The standard InChI is InChI=1S/C23H29N5O2/c1-3-27-22-21(16(2)26-28(22)18-12-8-5-9-13-18)25-19(23(27)30)14-15-20(29)24-17-10-6-4-7-11-17/h5,8-9,12-13,17H,3-4,6-7,10-11,14-15H2,1-2H3,(H,24,29). The molecule has 158 valence electrons. The van der Waals surface area contributed by atoms with Gasteiger partial charge in [-0.25, -0.2) is 9.67 Å². The molecule has 30 heavy (non-hydrogen) atoms. The van der Waals surface area contributed by atoms with E-state index in [4.69, 9.17) is 0 Å². The Balaban J connectivity index is 1.62. The van der Waals surface area contributed by atoms with Crippen molar-refractivity contribution in [3.05, 3.63) is 52.1 Å². The molecule has 1 aromatic carbocycles. The smallest absolute Gasteiger partial charge is 0.273 e. The minimum Gasteiger partial charge on any atom is -0.353 e. The van der Waals surface area contributed by atoms with Crippen LogP contribution in [0.3, 0.4) is 0 Å². The molecule has 2 aromatic heterocycles. The maximum atomic E-state index is 13.1. The molecule has 0 saturated heterocycles. The van der Waals surface area contributed by atoms with Gasteiger partial charge < -0.3 is 5.32 Å². The Morgan fingerprint density at radius 1 is 1.17 bits per heavy atom. The van der Waals surface area contributed by atoms with Crippen LogP contribution in [0.25, 0.3) is 16.9 Å².